The van der Waals surface area contributed by atoms with E-state index in [0.29, 0.717) is 12.2 Å². The predicted octanol–water partition coefficient (Wildman–Crippen LogP) is 0.721. The highest BCUT2D eigenvalue weighted by Gasteiger charge is 1.92. The van der Waals surface area contributed by atoms with Crippen molar-refractivity contribution >= 4 is 0 Å². The molecule has 0 unspecified atom stereocenters. The van der Waals surface area contributed by atoms with Crippen molar-refractivity contribution in [3.05, 3.63) is 35.8 Å². The Labute approximate surface area is 60.1 Å². The van der Waals surface area contributed by atoms with Crippen LogP contribution in [0.25, 0.3) is 0 Å². The van der Waals surface area contributed by atoms with Crippen LogP contribution in [-0.4, -0.2) is 6.61 Å². The van der Waals surface area contributed by atoms with Crippen molar-refractivity contribution in [3.63, 3.8) is 0 Å². The van der Waals surface area contributed by atoms with E-state index in [9.17, 15) is 5.11 Å². The molecule has 0 aliphatic heterocycles. The van der Waals surface area contributed by atoms with Gasteiger partial charge in [0.2, 0.25) is 0 Å². The molecule has 0 aromatic carbocycles. The molecule has 0 saturated carbocycles. The van der Waals surface area contributed by atoms with Crippen LogP contribution in [0.15, 0.2) is 35.8 Å². The molecule has 0 heterocycles. The second kappa shape index (κ2) is 3.11. The van der Waals surface area contributed by atoms with E-state index < -0.39 is 0 Å². The summed E-state index contributed by atoms with van der Waals surface area (Å²) in [5.41, 5.74) is 0.627. The van der Waals surface area contributed by atoms with E-state index in [1.165, 1.54) is 0 Å². The van der Waals surface area contributed by atoms with E-state index in [1.54, 1.807) is 19.1 Å². The average Bonchev–Trinajstić information content (AvgIpc) is 2.38. The quantitative estimate of drug-likeness (QED) is 0.525. The minimum atomic E-state index is -0.243. The van der Waals surface area contributed by atoms with Gasteiger partial charge in [-0.1, -0.05) is 31.2 Å². The number of hydrogen-bond acceptors (Lipinski definition) is 2. The van der Waals surface area contributed by atoms with Crippen molar-refractivity contribution in [1.82, 2.24) is 0 Å². The Kier molecular flexibility index (Phi) is 2.15. The molecule has 0 amide bonds. The summed E-state index contributed by atoms with van der Waals surface area (Å²) in [5.74, 6) is -0.243. The monoisotopic (exact) mass is 137 g/mol. The van der Waals surface area contributed by atoms with Gasteiger partial charge < -0.3 is 9.84 Å². The van der Waals surface area contributed by atoms with Crippen molar-refractivity contribution in [3.8, 4) is 0 Å². The Bertz CT molecular complexity index is 185. The lowest BCUT2D eigenvalue weighted by Crippen LogP contribution is -2.09. The van der Waals surface area contributed by atoms with Gasteiger partial charge in [-0.2, -0.15) is 0 Å². The highest BCUT2D eigenvalue weighted by atomic mass is 16.6. The average molecular weight is 137 g/mol. The molecule has 0 N–H and O–H groups in total. The zero-order valence-electron chi connectivity index (χ0n) is 5.83. The highest BCUT2D eigenvalue weighted by Crippen LogP contribution is 2.09. The van der Waals surface area contributed by atoms with Gasteiger partial charge in [-0.05, 0) is 12.2 Å². The number of ether oxygens (including phenoxy) is 1. The molecule has 0 aromatic rings. The standard InChI is InChI=1S/C8H10O2/c1-2-10-8(9)7-5-3-4-6-7/h3-6,9H,2H2,1H3/p-1. The molecule has 0 bridgehead atoms. The van der Waals surface area contributed by atoms with Crippen LogP contribution in [-0.2, 0) is 4.74 Å². The highest BCUT2D eigenvalue weighted by molar-refractivity contribution is 5.39. The van der Waals surface area contributed by atoms with Crippen LogP contribution in [0.1, 0.15) is 6.92 Å². The van der Waals surface area contributed by atoms with Crippen LogP contribution < -0.4 is 5.11 Å². The second-order valence-corrected chi connectivity index (χ2v) is 1.89. The van der Waals surface area contributed by atoms with Crippen molar-refractivity contribution in [2.75, 3.05) is 6.61 Å². The van der Waals surface area contributed by atoms with E-state index >= 15 is 0 Å². The third-order valence-electron chi connectivity index (χ3n) is 1.17. The number of rotatable bonds is 2. The lowest BCUT2D eigenvalue weighted by atomic mass is 10.3. The largest absolute Gasteiger partial charge is 0.613 e. The van der Waals surface area contributed by atoms with E-state index in [4.69, 9.17) is 4.74 Å². The molecule has 0 aromatic heterocycles. The minimum absolute atomic E-state index is 0.243. The molecule has 2 heteroatoms. The van der Waals surface area contributed by atoms with Crippen LogP contribution in [0.2, 0.25) is 0 Å². The number of allylic oxidation sites excluding steroid dienone is 5. The Morgan fingerprint density at radius 1 is 1.50 bits per heavy atom. The molecule has 1 aliphatic rings. The van der Waals surface area contributed by atoms with Crippen LogP contribution >= 0.6 is 0 Å². The van der Waals surface area contributed by atoms with Gasteiger partial charge in [-0.3, -0.25) is 0 Å². The minimum Gasteiger partial charge on any atom is -0.613 e. The van der Waals surface area contributed by atoms with Crippen molar-refractivity contribution < 1.29 is 9.84 Å². The maximum Gasteiger partial charge on any atom is 0.0587 e. The first-order chi connectivity index (χ1) is 4.84. The molecule has 0 fully saturated rings. The van der Waals surface area contributed by atoms with Crippen molar-refractivity contribution in [2.45, 2.75) is 6.92 Å². The van der Waals surface area contributed by atoms with Crippen LogP contribution in [0.5, 0.6) is 0 Å². The van der Waals surface area contributed by atoms with Crippen LogP contribution in [0.3, 0.4) is 0 Å². The van der Waals surface area contributed by atoms with E-state index in [2.05, 4.69) is 0 Å². The summed E-state index contributed by atoms with van der Waals surface area (Å²) in [6, 6.07) is 0. The summed E-state index contributed by atoms with van der Waals surface area (Å²) < 4.78 is 4.75. The molecule has 0 radical (unpaired) electrons. The van der Waals surface area contributed by atoms with Gasteiger partial charge in [0.15, 0.2) is 0 Å². The first-order valence-electron chi connectivity index (χ1n) is 3.23. The molecule has 0 saturated heterocycles. The van der Waals surface area contributed by atoms with E-state index in [0.717, 1.165) is 0 Å². The molecule has 1 rings (SSSR count). The maximum atomic E-state index is 10.9. The first-order valence-corrected chi connectivity index (χ1v) is 3.23. The Morgan fingerprint density at radius 2 is 2.10 bits per heavy atom. The van der Waals surface area contributed by atoms with Gasteiger partial charge >= 0.3 is 0 Å². The fourth-order valence-corrected chi connectivity index (χ4v) is 0.725. The molecule has 54 valence electrons. The summed E-state index contributed by atoms with van der Waals surface area (Å²) in [6.07, 6.45) is 7.09. The maximum absolute atomic E-state index is 10.9. The topological polar surface area (TPSA) is 32.3 Å². The second-order valence-electron chi connectivity index (χ2n) is 1.89. The zero-order valence-corrected chi connectivity index (χ0v) is 5.83. The lowest BCUT2D eigenvalue weighted by molar-refractivity contribution is -0.357. The van der Waals surface area contributed by atoms with Crippen molar-refractivity contribution in [2.24, 2.45) is 0 Å². The fourth-order valence-electron chi connectivity index (χ4n) is 0.725. The van der Waals surface area contributed by atoms with Gasteiger partial charge in [0, 0.05) is 0 Å². The summed E-state index contributed by atoms with van der Waals surface area (Å²) in [7, 11) is 0. The van der Waals surface area contributed by atoms with Crippen LogP contribution in [0, 0.1) is 0 Å². The smallest absolute Gasteiger partial charge is 0.0587 e. The van der Waals surface area contributed by atoms with E-state index in [-0.39, 0.29) is 5.95 Å². The Hall–Kier alpha value is -1.18. The van der Waals surface area contributed by atoms with E-state index in [1.807, 2.05) is 12.2 Å². The Balaban J connectivity index is 2.65. The van der Waals surface area contributed by atoms with Crippen LogP contribution in [0.4, 0.5) is 0 Å². The third-order valence-corrected chi connectivity index (χ3v) is 1.17. The van der Waals surface area contributed by atoms with Gasteiger partial charge in [0.1, 0.15) is 0 Å². The SMILES string of the molecule is CCOC([O-])=C1C=CC=C1. The van der Waals surface area contributed by atoms with Gasteiger partial charge in [0.25, 0.3) is 0 Å². The predicted molar refractivity (Wildman–Crippen MR) is 36.9 cm³/mol. The summed E-state index contributed by atoms with van der Waals surface area (Å²) in [5, 5.41) is 10.9. The summed E-state index contributed by atoms with van der Waals surface area (Å²) in [4.78, 5) is 0. The lowest BCUT2D eigenvalue weighted by Gasteiger charge is -2.13. The Morgan fingerprint density at radius 3 is 2.60 bits per heavy atom. The third kappa shape index (κ3) is 1.41. The molecule has 2 nitrogen and oxygen atoms in total. The summed E-state index contributed by atoms with van der Waals surface area (Å²) in [6.45, 7) is 2.23. The zero-order chi connectivity index (χ0) is 7.40. The molecule has 0 atom stereocenters. The van der Waals surface area contributed by atoms with Gasteiger partial charge in [0.05, 0.1) is 5.95 Å². The first kappa shape index (κ1) is 6.93. The normalized spacial score (nSPS) is 14.3. The van der Waals surface area contributed by atoms with Gasteiger partial charge in [-0.25, -0.2) is 0 Å². The number of hydrogen-bond donors (Lipinski definition) is 0. The van der Waals surface area contributed by atoms with Crippen molar-refractivity contribution in [1.29, 1.82) is 0 Å². The summed E-state index contributed by atoms with van der Waals surface area (Å²) >= 11 is 0. The molecule has 0 spiro atoms. The molecule has 10 heavy (non-hydrogen) atoms. The van der Waals surface area contributed by atoms with Gasteiger partial charge in [-0.15, -0.1) is 0 Å². The fraction of sp³-hybridized carbons (Fsp3) is 0.250. The molecular weight excluding hydrogens is 128 g/mol. The molecule has 1 aliphatic carbocycles. The molecular formula is C8H9O2-.